The number of esters is 1. The maximum Gasteiger partial charge on any atom is 0.317 e. The predicted octanol–water partition coefficient (Wildman–Crippen LogP) is 3.98. The van der Waals surface area contributed by atoms with Gasteiger partial charge in [0.05, 0.1) is 27.2 Å². The number of quaternary nitrogens is 1. The standard InChI is InChI=1S/C19H30NO2S/c1-19(15-7-4-5-8-15,17-9-6-14-23-17)18(21)22-16-10-12-20(2,3)13-11-16/h6,9,14-16H,4-5,7-8,10-13H2,1-3H3/q+1. The van der Waals surface area contributed by atoms with E-state index < -0.39 is 5.41 Å². The summed E-state index contributed by atoms with van der Waals surface area (Å²) in [6.45, 7) is 4.31. The molecule has 2 fully saturated rings. The Bertz CT molecular complexity index is 524. The smallest absolute Gasteiger partial charge is 0.317 e. The number of carbonyl (C=O) groups is 1. The Balaban J connectivity index is 1.74. The Morgan fingerprint density at radius 1 is 1.22 bits per heavy atom. The Hall–Kier alpha value is -0.870. The van der Waals surface area contributed by atoms with E-state index >= 15 is 0 Å². The van der Waals surface area contributed by atoms with Gasteiger partial charge in [-0.15, -0.1) is 11.3 Å². The first kappa shape index (κ1) is 17.0. The molecule has 23 heavy (non-hydrogen) atoms. The van der Waals surface area contributed by atoms with Crippen molar-refractivity contribution in [1.82, 2.24) is 0 Å². The Morgan fingerprint density at radius 2 is 1.87 bits per heavy atom. The number of ether oxygens (including phenoxy) is 1. The summed E-state index contributed by atoms with van der Waals surface area (Å²) >= 11 is 1.70. The number of piperidine rings is 1. The molecule has 1 aliphatic heterocycles. The summed E-state index contributed by atoms with van der Waals surface area (Å²) < 4.78 is 7.08. The summed E-state index contributed by atoms with van der Waals surface area (Å²) in [5.41, 5.74) is -0.452. The molecule has 0 aromatic carbocycles. The van der Waals surface area contributed by atoms with E-state index in [2.05, 4.69) is 38.5 Å². The van der Waals surface area contributed by atoms with Gasteiger partial charge in [-0.2, -0.15) is 0 Å². The first-order valence-electron chi connectivity index (χ1n) is 8.99. The summed E-state index contributed by atoms with van der Waals surface area (Å²) in [7, 11) is 4.51. The second-order valence-corrected chi connectivity index (χ2v) is 9.10. The van der Waals surface area contributed by atoms with Gasteiger partial charge in [0.1, 0.15) is 11.5 Å². The molecule has 0 amide bonds. The minimum absolute atomic E-state index is 0.0176. The molecule has 4 heteroatoms. The van der Waals surface area contributed by atoms with Gasteiger partial charge < -0.3 is 9.22 Å². The van der Waals surface area contributed by atoms with Crippen LogP contribution in [0.3, 0.4) is 0 Å². The molecule has 1 aromatic heterocycles. The highest BCUT2D eigenvalue weighted by Crippen LogP contribution is 2.45. The summed E-state index contributed by atoms with van der Waals surface area (Å²) in [6.07, 6.45) is 6.88. The molecule has 3 rings (SSSR count). The van der Waals surface area contributed by atoms with Gasteiger partial charge in [0.2, 0.25) is 0 Å². The average molecular weight is 337 g/mol. The first-order valence-corrected chi connectivity index (χ1v) is 9.87. The molecule has 0 N–H and O–H groups in total. The van der Waals surface area contributed by atoms with Crippen molar-refractivity contribution >= 4 is 17.3 Å². The molecular weight excluding hydrogens is 306 g/mol. The van der Waals surface area contributed by atoms with Gasteiger partial charge in [-0.3, -0.25) is 4.79 Å². The van der Waals surface area contributed by atoms with Crippen molar-refractivity contribution < 1.29 is 14.0 Å². The fourth-order valence-corrected chi connectivity index (χ4v) is 5.14. The van der Waals surface area contributed by atoms with Crippen LogP contribution in [0.1, 0.15) is 50.3 Å². The normalized spacial score (nSPS) is 25.2. The van der Waals surface area contributed by atoms with Crippen LogP contribution in [-0.2, 0) is 14.9 Å². The molecule has 1 unspecified atom stereocenters. The lowest BCUT2D eigenvalue weighted by molar-refractivity contribution is -0.896. The molecule has 1 atom stereocenters. The second kappa shape index (κ2) is 6.56. The Labute approximate surface area is 144 Å². The minimum Gasteiger partial charge on any atom is -0.461 e. The zero-order valence-electron chi connectivity index (χ0n) is 14.7. The van der Waals surface area contributed by atoms with Gasteiger partial charge in [-0.05, 0) is 37.1 Å². The van der Waals surface area contributed by atoms with Crippen molar-refractivity contribution in [2.24, 2.45) is 5.92 Å². The summed E-state index contributed by atoms with van der Waals surface area (Å²) in [6, 6.07) is 4.17. The van der Waals surface area contributed by atoms with Crippen LogP contribution in [0, 0.1) is 5.92 Å². The van der Waals surface area contributed by atoms with Gasteiger partial charge in [0, 0.05) is 17.7 Å². The summed E-state index contributed by atoms with van der Waals surface area (Å²) in [5.74, 6) is 0.452. The van der Waals surface area contributed by atoms with Crippen molar-refractivity contribution in [2.45, 2.75) is 57.0 Å². The zero-order valence-corrected chi connectivity index (χ0v) is 15.5. The Morgan fingerprint density at radius 3 is 2.43 bits per heavy atom. The van der Waals surface area contributed by atoms with E-state index in [-0.39, 0.29) is 12.1 Å². The van der Waals surface area contributed by atoms with Gasteiger partial charge >= 0.3 is 5.97 Å². The third-order valence-electron chi connectivity index (χ3n) is 6.02. The molecule has 128 valence electrons. The molecule has 1 saturated carbocycles. The maximum atomic E-state index is 13.2. The van der Waals surface area contributed by atoms with E-state index in [0.29, 0.717) is 5.92 Å². The number of hydrogen-bond donors (Lipinski definition) is 0. The van der Waals surface area contributed by atoms with Crippen molar-refractivity contribution in [3.63, 3.8) is 0 Å². The van der Waals surface area contributed by atoms with Crippen molar-refractivity contribution in [3.8, 4) is 0 Å². The van der Waals surface area contributed by atoms with Crippen LogP contribution in [-0.4, -0.2) is 43.7 Å². The fourth-order valence-electron chi connectivity index (χ4n) is 4.18. The van der Waals surface area contributed by atoms with Crippen LogP contribution in [0.25, 0.3) is 0 Å². The van der Waals surface area contributed by atoms with Crippen LogP contribution in [0.2, 0.25) is 0 Å². The molecule has 0 radical (unpaired) electrons. The fraction of sp³-hybridized carbons (Fsp3) is 0.737. The van der Waals surface area contributed by atoms with Crippen LogP contribution < -0.4 is 0 Å². The van der Waals surface area contributed by atoms with Gasteiger partial charge in [0.15, 0.2) is 0 Å². The largest absolute Gasteiger partial charge is 0.461 e. The minimum atomic E-state index is -0.452. The highest BCUT2D eigenvalue weighted by molar-refractivity contribution is 7.10. The van der Waals surface area contributed by atoms with Gasteiger partial charge in [0.25, 0.3) is 0 Å². The second-order valence-electron chi connectivity index (χ2n) is 8.15. The molecule has 1 saturated heterocycles. The molecule has 2 aliphatic rings. The van der Waals surface area contributed by atoms with Crippen LogP contribution >= 0.6 is 11.3 Å². The average Bonchev–Trinajstić information content (AvgIpc) is 3.22. The third kappa shape index (κ3) is 3.48. The quantitative estimate of drug-likeness (QED) is 0.614. The maximum absolute atomic E-state index is 13.2. The number of hydrogen-bond acceptors (Lipinski definition) is 3. The number of nitrogens with zero attached hydrogens (tertiary/aromatic N) is 1. The summed E-state index contributed by atoms with van der Waals surface area (Å²) in [4.78, 5) is 14.3. The number of thiophene rings is 1. The molecule has 2 heterocycles. The van der Waals surface area contributed by atoms with Crippen LogP contribution in [0.4, 0.5) is 0 Å². The zero-order chi connectivity index (χ0) is 16.5. The number of likely N-dealkylation sites (tertiary alicyclic amines) is 1. The highest BCUT2D eigenvalue weighted by atomic mass is 32.1. The lowest BCUT2D eigenvalue weighted by Crippen LogP contribution is -2.49. The molecule has 0 bridgehead atoms. The van der Waals surface area contributed by atoms with E-state index in [1.807, 2.05) is 0 Å². The highest BCUT2D eigenvalue weighted by Gasteiger charge is 2.47. The van der Waals surface area contributed by atoms with Crippen molar-refractivity contribution in [1.29, 1.82) is 0 Å². The van der Waals surface area contributed by atoms with Gasteiger partial charge in [-0.25, -0.2) is 0 Å². The molecular formula is C19H30NO2S+. The number of carbonyl (C=O) groups excluding carboxylic acids is 1. The predicted molar refractivity (Wildman–Crippen MR) is 94.6 cm³/mol. The van der Waals surface area contributed by atoms with Crippen molar-refractivity contribution in [2.75, 3.05) is 27.2 Å². The molecule has 1 aliphatic carbocycles. The van der Waals surface area contributed by atoms with E-state index in [1.165, 1.54) is 17.7 Å². The van der Waals surface area contributed by atoms with E-state index in [0.717, 1.165) is 43.3 Å². The summed E-state index contributed by atoms with van der Waals surface area (Å²) in [5, 5.41) is 2.08. The van der Waals surface area contributed by atoms with Crippen molar-refractivity contribution in [3.05, 3.63) is 22.4 Å². The lowest BCUT2D eigenvalue weighted by Gasteiger charge is -2.39. The molecule has 3 nitrogen and oxygen atoms in total. The monoisotopic (exact) mass is 336 g/mol. The lowest BCUT2D eigenvalue weighted by atomic mass is 9.74. The first-order chi connectivity index (χ1) is 10.9. The Kier molecular flexibility index (Phi) is 4.84. The van der Waals surface area contributed by atoms with Crippen LogP contribution in [0.5, 0.6) is 0 Å². The van der Waals surface area contributed by atoms with E-state index in [1.54, 1.807) is 11.3 Å². The van der Waals surface area contributed by atoms with Crippen LogP contribution in [0.15, 0.2) is 17.5 Å². The molecule has 0 spiro atoms. The SMILES string of the molecule is CC(C(=O)OC1CC[N+](C)(C)CC1)(c1cccs1)C1CCCC1. The molecule has 1 aromatic rings. The third-order valence-corrected chi connectivity index (χ3v) is 7.12. The van der Waals surface area contributed by atoms with Gasteiger partial charge in [-0.1, -0.05) is 18.9 Å². The van der Waals surface area contributed by atoms with E-state index in [9.17, 15) is 4.79 Å². The topological polar surface area (TPSA) is 26.3 Å². The number of rotatable bonds is 4. The van der Waals surface area contributed by atoms with E-state index in [4.69, 9.17) is 4.74 Å².